The normalized spacial score (nSPS) is 19.9. The topological polar surface area (TPSA) is 86.7 Å². The molecule has 1 aromatic heterocycles. The van der Waals surface area contributed by atoms with Crippen molar-refractivity contribution in [2.45, 2.75) is 38.3 Å². The van der Waals surface area contributed by atoms with Crippen LogP contribution in [0.25, 0.3) is 0 Å². The van der Waals surface area contributed by atoms with Gasteiger partial charge in [-0.05, 0) is 49.4 Å². The third-order valence-corrected chi connectivity index (χ3v) is 3.64. The van der Waals surface area contributed by atoms with Gasteiger partial charge in [0.1, 0.15) is 5.75 Å². The van der Waals surface area contributed by atoms with Crippen LogP contribution in [0.2, 0.25) is 0 Å². The smallest absolute Gasteiger partial charge is 0.191 e. The van der Waals surface area contributed by atoms with Crippen LogP contribution in [-0.2, 0) is 6.42 Å². The number of benzene rings is 1. The molecule has 2 unspecified atom stereocenters. The summed E-state index contributed by atoms with van der Waals surface area (Å²) in [4.78, 5) is 0. The quantitative estimate of drug-likeness (QED) is 0.780. The predicted octanol–water partition coefficient (Wildman–Crippen LogP) is 1.63. The maximum Gasteiger partial charge on any atom is 0.191 e. The molecular weight excluding hydrogens is 242 g/mol. The standard InChI is InChI=1S/C13H17N5O/c1-8(13-15-17-18-16-13)14-12-4-2-3-9-7-10(19)5-6-11(9)12/h5-8,12,14,19H,2-4H2,1H3,(H,15,16,17,18). The number of aryl methyl sites for hydroxylation is 1. The van der Waals surface area contributed by atoms with Crippen LogP contribution in [0.4, 0.5) is 0 Å². The summed E-state index contributed by atoms with van der Waals surface area (Å²) in [5, 5.41) is 27.1. The van der Waals surface area contributed by atoms with Crippen molar-refractivity contribution >= 4 is 0 Å². The zero-order valence-electron chi connectivity index (χ0n) is 10.8. The molecule has 3 rings (SSSR count). The van der Waals surface area contributed by atoms with Crippen LogP contribution in [0.5, 0.6) is 5.75 Å². The van der Waals surface area contributed by atoms with Gasteiger partial charge in [-0.1, -0.05) is 11.3 Å². The number of tetrazole rings is 1. The summed E-state index contributed by atoms with van der Waals surface area (Å²) in [6.45, 7) is 2.03. The predicted molar refractivity (Wildman–Crippen MR) is 69.5 cm³/mol. The van der Waals surface area contributed by atoms with E-state index in [1.165, 1.54) is 11.1 Å². The minimum atomic E-state index is 0.0449. The number of aromatic nitrogens is 4. The molecule has 0 fully saturated rings. The molecule has 6 nitrogen and oxygen atoms in total. The molecule has 19 heavy (non-hydrogen) atoms. The van der Waals surface area contributed by atoms with Crippen molar-refractivity contribution in [1.82, 2.24) is 25.9 Å². The number of phenols is 1. The minimum absolute atomic E-state index is 0.0449. The van der Waals surface area contributed by atoms with Gasteiger partial charge in [0.05, 0.1) is 6.04 Å². The second-order valence-corrected chi connectivity index (χ2v) is 4.99. The van der Waals surface area contributed by atoms with Gasteiger partial charge in [0, 0.05) is 6.04 Å². The molecule has 0 radical (unpaired) electrons. The van der Waals surface area contributed by atoms with Crippen LogP contribution in [0.3, 0.4) is 0 Å². The minimum Gasteiger partial charge on any atom is -0.508 e. The highest BCUT2D eigenvalue weighted by Gasteiger charge is 2.23. The molecule has 2 atom stereocenters. The lowest BCUT2D eigenvalue weighted by atomic mass is 9.87. The SMILES string of the molecule is CC(NC1CCCc2cc(O)ccc21)c1nn[nH]n1. The van der Waals surface area contributed by atoms with Crippen molar-refractivity contribution in [3.8, 4) is 5.75 Å². The number of rotatable bonds is 3. The summed E-state index contributed by atoms with van der Waals surface area (Å²) in [6, 6.07) is 5.94. The summed E-state index contributed by atoms with van der Waals surface area (Å²) in [5.41, 5.74) is 2.49. The van der Waals surface area contributed by atoms with E-state index in [0.717, 1.165) is 19.3 Å². The van der Waals surface area contributed by atoms with E-state index in [4.69, 9.17) is 0 Å². The van der Waals surface area contributed by atoms with Crippen molar-refractivity contribution in [1.29, 1.82) is 0 Å². The molecule has 1 aliphatic rings. The van der Waals surface area contributed by atoms with E-state index in [-0.39, 0.29) is 12.1 Å². The first-order valence-corrected chi connectivity index (χ1v) is 6.55. The van der Waals surface area contributed by atoms with E-state index < -0.39 is 0 Å². The molecule has 0 saturated heterocycles. The van der Waals surface area contributed by atoms with Crippen molar-refractivity contribution in [3.05, 3.63) is 35.2 Å². The van der Waals surface area contributed by atoms with Gasteiger partial charge in [0.15, 0.2) is 5.82 Å². The second-order valence-electron chi connectivity index (χ2n) is 4.99. The lowest BCUT2D eigenvalue weighted by Crippen LogP contribution is -2.28. The van der Waals surface area contributed by atoms with E-state index in [1.54, 1.807) is 6.07 Å². The highest BCUT2D eigenvalue weighted by Crippen LogP contribution is 2.33. The number of H-pyrrole nitrogens is 1. The zero-order valence-corrected chi connectivity index (χ0v) is 10.8. The molecule has 1 heterocycles. The van der Waals surface area contributed by atoms with Gasteiger partial charge in [-0.2, -0.15) is 5.21 Å². The zero-order chi connectivity index (χ0) is 13.2. The van der Waals surface area contributed by atoms with Crippen LogP contribution in [-0.4, -0.2) is 25.7 Å². The van der Waals surface area contributed by atoms with Gasteiger partial charge in [-0.15, -0.1) is 10.2 Å². The monoisotopic (exact) mass is 259 g/mol. The van der Waals surface area contributed by atoms with E-state index >= 15 is 0 Å². The molecule has 0 saturated carbocycles. The highest BCUT2D eigenvalue weighted by molar-refractivity contribution is 5.38. The van der Waals surface area contributed by atoms with Gasteiger partial charge in [-0.3, -0.25) is 0 Å². The highest BCUT2D eigenvalue weighted by atomic mass is 16.3. The number of nitrogens with zero attached hydrogens (tertiary/aromatic N) is 3. The first kappa shape index (κ1) is 12.1. The lowest BCUT2D eigenvalue weighted by molar-refractivity contribution is 0.404. The third kappa shape index (κ3) is 2.44. The van der Waals surface area contributed by atoms with E-state index in [1.807, 2.05) is 19.1 Å². The van der Waals surface area contributed by atoms with E-state index in [9.17, 15) is 5.11 Å². The van der Waals surface area contributed by atoms with Crippen molar-refractivity contribution < 1.29 is 5.11 Å². The summed E-state index contributed by atoms with van der Waals surface area (Å²) >= 11 is 0. The van der Waals surface area contributed by atoms with Gasteiger partial charge in [0.25, 0.3) is 0 Å². The fourth-order valence-corrected chi connectivity index (χ4v) is 2.70. The number of fused-ring (bicyclic) bond motifs is 1. The summed E-state index contributed by atoms with van der Waals surface area (Å²) in [6.07, 6.45) is 3.23. The molecule has 0 amide bonds. The Morgan fingerprint density at radius 1 is 1.47 bits per heavy atom. The number of hydrogen-bond donors (Lipinski definition) is 3. The Hall–Kier alpha value is -1.95. The maximum absolute atomic E-state index is 9.55. The number of nitrogens with one attached hydrogen (secondary N) is 2. The van der Waals surface area contributed by atoms with E-state index in [2.05, 4.69) is 25.9 Å². The van der Waals surface area contributed by atoms with Crippen molar-refractivity contribution in [2.75, 3.05) is 0 Å². The van der Waals surface area contributed by atoms with Crippen LogP contribution in [0.1, 0.15) is 48.8 Å². The maximum atomic E-state index is 9.55. The van der Waals surface area contributed by atoms with Crippen LogP contribution in [0.15, 0.2) is 18.2 Å². The largest absolute Gasteiger partial charge is 0.508 e. The lowest BCUT2D eigenvalue weighted by Gasteiger charge is -2.28. The molecule has 3 N–H and O–H groups in total. The molecular formula is C13H17N5O. The number of hydrogen-bond acceptors (Lipinski definition) is 5. The molecule has 6 heteroatoms. The van der Waals surface area contributed by atoms with E-state index in [0.29, 0.717) is 11.6 Å². The second kappa shape index (κ2) is 4.97. The van der Waals surface area contributed by atoms with Gasteiger partial charge in [0.2, 0.25) is 0 Å². The van der Waals surface area contributed by atoms with Crippen LogP contribution >= 0.6 is 0 Å². The Morgan fingerprint density at radius 3 is 3.16 bits per heavy atom. The molecule has 0 bridgehead atoms. The molecule has 1 aromatic carbocycles. The van der Waals surface area contributed by atoms with Crippen molar-refractivity contribution in [3.63, 3.8) is 0 Å². The molecule has 2 aromatic rings. The first-order valence-electron chi connectivity index (χ1n) is 6.55. The average Bonchev–Trinajstić information content (AvgIpc) is 2.92. The number of phenolic OH excluding ortho intramolecular Hbond substituents is 1. The van der Waals surface area contributed by atoms with Crippen LogP contribution in [0, 0.1) is 0 Å². The molecule has 1 aliphatic carbocycles. The Morgan fingerprint density at radius 2 is 2.37 bits per heavy atom. The fourth-order valence-electron chi connectivity index (χ4n) is 2.70. The Kier molecular flexibility index (Phi) is 3.16. The summed E-state index contributed by atoms with van der Waals surface area (Å²) in [5.74, 6) is 1.01. The summed E-state index contributed by atoms with van der Waals surface area (Å²) < 4.78 is 0. The average molecular weight is 259 g/mol. The van der Waals surface area contributed by atoms with Gasteiger partial charge in [-0.25, -0.2) is 0 Å². The molecule has 0 spiro atoms. The third-order valence-electron chi connectivity index (χ3n) is 3.64. The Labute approximate surface area is 111 Å². The molecule has 100 valence electrons. The Balaban J connectivity index is 1.80. The van der Waals surface area contributed by atoms with Gasteiger partial charge < -0.3 is 10.4 Å². The number of aromatic amines is 1. The number of aromatic hydroxyl groups is 1. The van der Waals surface area contributed by atoms with Gasteiger partial charge >= 0.3 is 0 Å². The Bertz CT molecular complexity index is 554. The van der Waals surface area contributed by atoms with Crippen molar-refractivity contribution in [2.24, 2.45) is 0 Å². The molecule has 0 aliphatic heterocycles. The fraction of sp³-hybridized carbons (Fsp3) is 0.462. The summed E-state index contributed by atoms with van der Waals surface area (Å²) in [7, 11) is 0. The first-order chi connectivity index (χ1) is 9.24. The van der Waals surface area contributed by atoms with Crippen LogP contribution < -0.4 is 5.32 Å².